The molecule has 2 N–H and O–H groups in total. The summed E-state index contributed by atoms with van der Waals surface area (Å²) in [4.78, 5) is 2.44. The molecule has 0 aromatic rings. The van der Waals surface area contributed by atoms with Crippen molar-refractivity contribution >= 4 is 0 Å². The van der Waals surface area contributed by atoms with Crippen molar-refractivity contribution in [3.05, 3.63) is 0 Å². The molecule has 0 radical (unpaired) electrons. The first-order chi connectivity index (χ1) is 8.02. The van der Waals surface area contributed by atoms with Crippen LogP contribution in [0, 0.1) is 5.92 Å². The van der Waals surface area contributed by atoms with Crippen LogP contribution < -0.4 is 5.32 Å². The van der Waals surface area contributed by atoms with Crippen molar-refractivity contribution in [1.29, 1.82) is 0 Å². The van der Waals surface area contributed by atoms with Crippen molar-refractivity contribution in [1.82, 2.24) is 10.2 Å². The van der Waals surface area contributed by atoms with Crippen molar-refractivity contribution in [3.8, 4) is 0 Å². The van der Waals surface area contributed by atoms with E-state index in [1.54, 1.807) is 0 Å². The fourth-order valence-electron chi connectivity index (χ4n) is 1.80. The summed E-state index contributed by atoms with van der Waals surface area (Å²) in [7, 11) is 0. The van der Waals surface area contributed by atoms with Crippen LogP contribution in [0.25, 0.3) is 0 Å². The van der Waals surface area contributed by atoms with Gasteiger partial charge in [0.2, 0.25) is 0 Å². The smallest absolute Gasteiger partial charge is 0.0766 e. The lowest BCUT2D eigenvalue weighted by atomic mass is 9.92. The molecule has 102 valence electrons. The molecule has 4 nitrogen and oxygen atoms in total. The summed E-state index contributed by atoms with van der Waals surface area (Å²) in [6, 6.07) is 0. The Balaban J connectivity index is 2.00. The van der Waals surface area contributed by atoms with E-state index in [1.807, 2.05) is 6.92 Å². The van der Waals surface area contributed by atoms with Gasteiger partial charge in [0.05, 0.1) is 18.8 Å². The zero-order valence-electron chi connectivity index (χ0n) is 11.5. The van der Waals surface area contributed by atoms with Crippen molar-refractivity contribution in [2.24, 2.45) is 5.92 Å². The van der Waals surface area contributed by atoms with E-state index in [0.29, 0.717) is 6.54 Å². The van der Waals surface area contributed by atoms with Gasteiger partial charge in [-0.15, -0.1) is 0 Å². The van der Waals surface area contributed by atoms with E-state index in [2.05, 4.69) is 24.1 Å². The Morgan fingerprint density at radius 3 is 2.59 bits per heavy atom. The van der Waals surface area contributed by atoms with E-state index >= 15 is 0 Å². The molecule has 0 saturated carbocycles. The van der Waals surface area contributed by atoms with Gasteiger partial charge in [0.25, 0.3) is 0 Å². The highest BCUT2D eigenvalue weighted by Crippen LogP contribution is 2.14. The molecular weight excluding hydrogens is 216 g/mol. The van der Waals surface area contributed by atoms with Gasteiger partial charge in [-0.3, -0.25) is 4.90 Å². The average molecular weight is 244 g/mol. The van der Waals surface area contributed by atoms with Crippen LogP contribution in [0.3, 0.4) is 0 Å². The molecule has 4 heteroatoms. The fraction of sp³-hybridized carbons (Fsp3) is 1.00. The Bertz CT molecular complexity index is 202. The molecule has 17 heavy (non-hydrogen) atoms. The standard InChI is InChI=1S/C13H28N2O2/c1-12(2)13(3,16)11-14-5-4-6-15-7-9-17-10-8-15/h12,14,16H,4-11H2,1-3H3. The Hall–Kier alpha value is -0.160. The lowest BCUT2D eigenvalue weighted by Crippen LogP contribution is -2.43. The predicted octanol–water partition coefficient (Wildman–Crippen LogP) is 0.705. The molecule has 0 amide bonds. The normalized spacial score (nSPS) is 21.7. The molecule has 0 bridgehead atoms. The largest absolute Gasteiger partial charge is 0.389 e. The number of rotatable bonds is 7. The molecule has 1 atom stereocenters. The van der Waals surface area contributed by atoms with Gasteiger partial charge in [0.1, 0.15) is 0 Å². The molecule has 1 aliphatic rings. The van der Waals surface area contributed by atoms with Crippen molar-refractivity contribution < 1.29 is 9.84 Å². The van der Waals surface area contributed by atoms with Gasteiger partial charge in [-0.25, -0.2) is 0 Å². The average Bonchev–Trinajstić information content (AvgIpc) is 2.29. The van der Waals surface area contributed by atoms with Crippen LogP contribution in [0.2, 0.25) is 0 Å². The summed E-state index contributed by atoms with van der Waals surface area (Å²) in [5, 5.41) is 13.4. The first-order valence-corrected chi connectivity index (χ1v) is 6.75. The second-order valence-electron chi connectivity index (χ2n) is 5.50. The van der Waals surface area contributed by atoms with Crippen LogP contribution in [0.15, 0.2) is 0 Å². The van der Waals surface area contributed by atoms with Crippen LogP contribution in [0.5, 0.6) is 0 Å². The van der Waals surface area contributed by atoms with Gasteiger partial charge in [-0.2, -0.15) is 0 Å². The van der Waals surface area contributed by atoms with Gasteiger partial charge < -0.3 is 15.2 Å². The van der Waals surface area contributed by atoms with Crippen LogP contribution in [0.1, 0.15) is 27.2 Å². The Morgan fingerprint density at radius 2 is 2.00 bits per heavy atom. The first kappa shape index (κ1) is 14.9. The van der Waals surface area contributed by atoms with Crippen LogP contribution >= 0.6 is 0 Å². The Morgan fingerprint density at radius 1 is 1.35 bits per heavy atom. The molecule has 1 saturated heterocycles. The van der Waals surface area contributed by atoms with Gasteiger partial charge >= 0.3 is 0 Å². The number of morpholine rings is 1. The molecule has 1 unspecified atom stereocenters. The predicted molar refractivity (Wildman–Crippen MR) is 70.2 cm³/mol. The fourth-order valence-corrected chi connectivity index (χ4v) is 1.80. The van der Waals surface area contributed by atoms with Crippen molar-refractivity contribution in [3.63, 3.8) is 0 Å². The quantitative estimate of drug-likeness (QED) is 0.647. The number of nitrogens with zero attached hydrogens (tertiary/aromatic N) is 1. The first-order valence-electron chi connectivity index (χ1n) is 6.75. The topological polar surface area (TPSA) is 44.7 Å². The molecule has 0 spiro atoms. The molecule has 1 aliphatic heterocycles. The van der Waals surface area contributed by atoms with E-state index in [0.717, 1.165) is 45.8 Å². The SMILES string of the molecule is CC(C)C(C)(O)CNCCCN1CCOCC1. The minimum atomic E-state index is -0.598. The summed E-state index contributed by atoms with van der Waals surface area (Å²) < 4.78 is 5.31. The maximum Gasteiger partial charge on any atom is 0.0766 e. The maximum absolute atomic E-state index is 10.1. The minimum absolute atomic E-state index is 0.286. The number of ether oxygens (including phenoxy) is 1. The van der Waals surface area contributed by atoms with Crippen LogP contribution in [0.4, 0.5) is 0 Å². The zero-order chi connectivity index (χ0) is 12.7. The lowest BCUT2D eigenvalue weighted by molar-refractivity contribution is 0.0136. The molecule has 1 fully saturated rings. The van der Waals surface area contributed by atoms with Gasteiger partial charge in [0.15, 0.2) is 0 Å². The summed E-state index contributed by atoms with van der Waals surface area (Å²) >= 11 is 0. The van der Waals surface area contributed by atoms with Gasteiger partial charge in [-0.05, 0) is 32.4 Å². The third-order valence-corrected chi connectivity index (χ3v) is 3.66. The van der Waals surface area contributed by atoms with E-state index in [4.69, 9.17) is 4.74 Å². The number of hydrogen-bond acceptors (Lipinski definition) is 4. The number of aliphatic hydroxyl groups is 1. The summed E-state index contributed by atoms with van der Waals surface area (Å²) in [5.74, 6) is 0.286. The monoisotopic (exact) mass is 244 g/mol. The third kappa shape index (κ3) is 5.82. The van der Waals surface area contributed by atoms with Crippen molar-refractivity contribution in [2.75, 3.05) is 45.9 Å². The minimum Gasteiger partial charge on any atom is -0.389 e. The second kappa shape index (κ2) is 7.31. The van der Waals surface area contributed by atoms with Crippen LogP contribution in [-0.4, -0.2) is 61.5 Å². The summed E-state index contributed by atoms with van der Waals surface area (Å²) in [5.41, 5.74) is -0.598. The molecule has 0 aliphatic carbocycles. The highest BCUT2D eigenvalue weighted by atomic mass is 16.5. The zero-order valence-corrected chi connectivity index (χ0v) is 11.5. The summed E-state index contributed by atoms with van der Waals surface area (Å²) in [6.07, 6.45) is 1.13. The number of nitrogens with one attached hydrogen (secondary N) is 1. The maximum atomic E-state index is 10.1. The Labute approximate surface area is 105 Å². The molecule has 1 rings (SSSR count). The van der Waals surface area contributed by atoms with E-state index < -0.39 is 5.60 Å². The van der Waals surface area contributed by atoms with E-state index in [9.17, 15) is 5.11 Å². The summed E-state index contributed by atoms with van der Waals surface area (Å²) in [6.45, 7) is 12.6. The van der Waals surface area contributed by atoms with Crippen molar-refractivity contribution in [2.45, 2.75) is 32.8 Å². The lowest BCUT2D eigenvalue weighted by Gasteiger charge is -2.29. The van der Waals surface area contributed by atoms with Gasteiger partial charge in [0, 0.05) is 19.6 Å². The highest BCUT2D eigenvalue weighted by molar-refractivity contribution is 4.78. The molecule has 0 aromatic heterocycles. The van der Waals surface area contributed by atoms with Gasteiger partial charge in [-0.1, -0.05) is 13.8 Å². The van der Waals surface area contributed by atoms with E-state index in [1.165, 1.54) is 0 Å². The highest BCUT2D eigenvalue weighted by Gasteiger charge is 2.23. The molecule has 1 heterocycles. The molecular formula is C13H28N2O2. The number of hydrogen-bond donors (Lipinski definition) is 2. The Kier molecular flexibility index (Phi) is 6.41. The van der Waals surface area contributed by atoms with Crippen LogP contribution in [-0.2, 0) is 4.74 Å². The van der Waals surface area contributed by atoms with E-state index in [-0.39, 0.29) is 5.92 Å². The third-order valence-electron chi connectivity index (χ3n) is 3.66. The second-order valence-corrected chi connectivity index (χ2v) is 5.50. The molecule has 0 aromatic carbocycles.